The Kier molecular flexibility index (Phi) is 7.43. The number of hydrogen-bond acceptors (Lipinski definition) is 6. The molecular weight excluding hydrogens is 330 g/mol. The predicted octanol–water partition coefficient (Wildman–Crippen LogP) is 0.422. The maximum atomic E-state index is 12.2. The number of benzene rings is 1. The van der Waals surface area contributed by atoms with Gasteiger partial charge in [0.1, 0.15) is 4.90 Å². The molecule has 1 rings (SSSR count). The van der Waals surface area contributed by atoms with Crippen LogP contribution in [0.25, 0.3) is 0 Å². The number of sulfone groups is 1. The summed E-state index contributed by atoms with van der Waals surface area (Å²) in [7, 11) is -5.93. The van der Waals surface area contributed by atoms with Crippen molar-refractivity contribution in [1.82, 2.24) is 4.72 Å². The Morgan fingerprint density at radius 2 is 1.64 bits per heavy atom. The number of sulfonamides is 1. The quantitative estimate of drug-likeness (QED) is 0.614. The smallest absolute Gasteiger partial charge is 0.241 e. The maximum absolute atomic E-state index is 12.2. The second-order valence-corrected chi connectivity index (χ2v) is 8.29. The Balaban J connectivity index is 2.65. The van der Waals surface area contributed by atoms with Crippen LogP contribution in [0.2, 0.25) is 0 Å². The van der Waals surface area contributed by atoms with Gasteiger partial charge in [0.2, 0.25) is 10.0 Å². The molecule has 0 heterocycles. The van der Waals surface area contributed by atoms with Gasteiger partial charge in [-0.1, -0.05) is 12.1 Å². The molecule has 0 aliphatic rings. The van der Waals surface area contributed by atoms with Gasteiger partial charge >= 0.3 is 0 Å². The molecule has 0 amide bonds. The lowest BCUT2D eigenvalue weighted by molar-refractivity contribution is 0.0699. The zero-order chi connectivity index (χ0) is 16.6. The first-order chi connectivity index (χ1) is 10.3. The molecule has 1 N–H and O–H groups in total. The van der Waals surface area contributed by atoms with Gasteiger partial charge in [-0.3, -0.25) is 0 Å². The van der Waals surface area contributed by atoms with Crippen molar-refractivity contribution in [1.29, 1.82) is 0 Å². The van der Waals surface area contributed by atoms with E-state index in [0.29, 0.717) is 26.2 Å². The number of rotatable bonds is 10. The monoisotopic (exact) mass is 351 g/mol. The van der Waals surface area contributed by atoms with E-state index in [9.17, 15) is 16.8 Å². The molecule has 1 aromatic carbocycles. The molecule has 7 nitrogen and oxygen atoms in total. The van der Waals surface area contributed by atoms with Crippen molar-refractivity contribution in [3.05, 3.63) is 24.3 Å². The Bertz CT molecular complexity index is 670. The lowest BCUT2D eigenvalue weighted by Gasteiger charge is -2.10. The lowest BCUT2D eigenvalue weighted by Crippen LogP contribution is -2.27. The molecular formula is C13H21NO6S2. The molecule has 126 valence electrons. The predicted molar refractivity (Wildman–Crippen MR) is 82.1 cm³/mol. The van der Waals surface area contributed by atoms with Crippen molar-refractivity contribution < 1.29 is 26.3 Å². The summed E-state index contributed by atoms with van der Waals surface area (Å²) in [5.41, 5.74) is 0. The van der Waals surface area contributed by atoms with Crippen molar-refractivity contribution in [2.45, 2.75) is 16.2 Å². The average molecular weight is 351 g/mol. The van der Waals surface area contributed by atoms with E-state index < -0.39 is 19.9 Å². The fraction of sp³-hybridized carbons (Fsp3) is 0.538. The van der Waals surface area contributed by atoms with Crippen LogP contribution in [0.4, 0.5) is 0 Å². The number of nitrogens with one attached hydrogen (secondary N) is 1. The summed E-state index contributed by atoms with van der Waals surface area (Å²) in [5.74, 6) is 0. The van der Waals surface area contributed by atoms with Crippen LogP contribution < -0.4 is 4.72 Å². The van der Waals surface area contributed by atoms with E-state index in [1.807, 2.05) is 0 Å². The minimum absolute atomic E-state index is 0.160. The molecule has 22 heavy (non-hydrogen) atoms. The van der Waals surface area contributed by atoms with Crippen molar-refractivity contribution in [3.63, 3.8) is 0 Å². The van der Waals surface area contributed by atoms with E-state index in [1.165, 1.54) is 24.3 Å². The van der Waals surface area contributed by atoms with Crippen LogP contribution in [0.15, 0.2) is 34.1 Å². The molecule has 0 fully saturated rings. The molecule has 0 aliphatic carbocycles. The van der Waals surface area contributed by atoms with E-state index in [-0.39, 0.29) is 16.3 Å². The summed E-state index contributed by atoms with van der Waals surface area (Å²) >= 11 is 0. The van der Waals surface area contributed by atoms with Gasteiger partial charge in [0.05, 0.1) is 18.1 Å². The second kappa shape index (κ2) is 8.59. The molecule has 9 heteroatoms. The second-order valence-electron chi connectivity index (χ2n) is 4.58. The Hall–Kier alpha value is -1.00. The highest BCUT2D eigenvalue weighted by Crippen LogP contribution is 2.20. The lowest BCUT2D eigenvalue weighted by atomic mass is 10.4. The minimum Gasteiger partial charge on any atom is -0.382 e. The van der Waals surface area contributed by atoms with Gasteiger partial charge in [-0.05, 0) is 18.6 Å². The maximum Gasteiger partial charge on any atom is 0.241 e. The number of hydrogen-bond donors (Lipinski definition) is 1. The highest BCUT2D eigenvalue weighted by atomic mass is 32.2. The SMILES string of the molecule is COCCOCCCNS(=O)(=O)c1ccccc1S(C)(=O)=O. The van der Waals surface area contributed by atoms with Gasteiger partial charge in [0, 0.05) is 26.5 Å². The van der Waals surface area contributed by atoms with Crippen LogP contribution in [-0.2, 0) is 29.3 Å². The van der Waals surface area contributed by atoms with Gasteiger partial charge in [0.25, 0.3) is 0 Å². The van der Waals surface area contributed by atoms with Gasteiger partial charge in [-0.2, -0.15) is 0 Å². The summed E-state index contributed by atoms with van der Waals surface area (Å²) in [4.78, 5) is -0.448. The third-order valence-corrected chi connectivity index (χ3v) is 5.53. The van der Waals surface area contributed by atoms with Crippen molar-refractivity contribution in [2.75, 3.05) is 39.7 Å². The van der Waals surface area contributed by atoms with Crippen molar-refractivity contribution in [3.8, 4) is 0 Å². The van der Waals surface area contributed by atoms with E-state index in [4.69, 9.17) is 9.47 Å². The first kappa shape index (κ1) is 19.0. The standard InChI is InChI=1S/C13H21NO6S2/c1-19-10-11-20-9-5-8-14-22(17,18)13-7-4-3-6-12(13)21(2,15)16/h3-4,6-7,14H,5,8-11H2,1-2H3. The summed E-state index contributed by atoms with van der Waals surface area (Å²) in [6.07, 6.45) is 1.45. The van der Waals surface area contributed by atoms with Crippen LogP contribution >= 0.6 is 0 Å². The van der Waals surface area contributed by atoms with E-state index in [2.05, 4.69) is 4.72 Å². The third kappa shape index (κ3) is 6.01. The molecule has 0 saturated heterocycles. The molecule has 1 aromatic rings. The fourth-order valence-electron chi connectivity index (χ4n) is 1.68. The molecule has 0 saturated carbocycles. The summed E-state index contributed by atoms with van der Waals surface area (Å²) in [5, 5.41) is 0. The highest BCUT2D eigenvalue weighted by Gasteiger charge is 2.22. The third-order valence-electron chi connectivity index (χ3n) is 2.73. The summed E-state index contributed by atoms with van der Waals surface area (Å²) in [6.45, 7) is 1.47. The average Bonchev–Trinajstić information content (AvgIpc) is 2.45. The Morgan fingerprint density at radius 3 is 2.23 bits per heavy atom. The first-order valence-electron chi connectivity index (χ1n) is 6.64. The zero-order valence-corrected chi connectivity index (χ0v) is 14.2. The number of ether oxygens (including phenoxy) is 2. The van der Waals surface area contributed by atoms with E-state index in [1.54, 1.807) is 7.11 Å². The van der Waals surface area contributed by atoms with Gasteiger partial charge in [-0.25, -0.2) is 21.6 Å². The Morgan fingerprint density at radius 1 is 1.00 bits per heavy atom. The summed E-state index contributed by atoms with van der Waals surface area (Å²) < 4.78 is 60.1. The van der Waals surface area contributed by atoms with E-state index in [0.717, 1.165) is 6.26 Å². The van der Waals surface area contributed by atoms with Gasteiger partial charge in [-0.15, -0.1) is 0 Å². The summed E-state index contributed by atoms with van der Waals surface area (Å²) in [6, 6.07) is 5.52. The van der Waals surface area contributed by atoms with Crippen LogP contribution in [0.3, 0.4) is 0 Å². The van der Waals surface area contributed by atoms with E-state index >= 15 is 0 Å². The molecule has 0 aromatic heterocycles. The molecule has 0 bridgehead atoms. The van der Waals surface area contributed by atoms with Crippen LogP contribution in [0, 0.1) is 0 Å². The molecule has 0 spiro atoms. The van der Waals surface area contributed by atoms with Crippen molar-refractivity contribution >= 4 is 19.9 Å². The van der Waals surface area contributed by atoms with Crippen molar-refractivity contribution in [2.24, 2.45) is 0 Å². The van der Waals surface area contributed by atoms with Crippen LogP contribution in [0.1, 0.15) is 6.42 Å². The largest absolute Gasteiger partial charge is 0.382 e. The van der Waals surface area contributed by atoms with Gasteiger partial charge < -0.3 is 9.47 Å². The Labute approximate surface area is 131 Å². The topological polar surface area (TPSA) is 98.8 Å². The number of methoxy groups -OCH3 is 1. The van der Waals surface area contributed by atoms with Crippen LogP contribution in [-0.4, -0.2) is 56.6 Å². The molecule has 0 atom stereocenters. The highest BCUT2D eigenvalue weighted by molar-refractivity contribution is 7.93. The minimum atomic E-state index is -3.88. The van der Waals surface area contributed by atoms with Crippen LogP contribution in [0.5, 0.6) is 0 Å². The first-order valence-corrected chi connectivity index (χ1v) is 10.0. The molecule has 0 radical (unpaired) electrons. The fourth-order valence-corrected chi connectivity index (χ4v) is 4.38. The zero-order valence-electron chi connectivity index (χ0n) is 12.6. The van der Waals surface area contributed by atoms with Gasteiger partial charge in [0.15, 0.2) is 9.84 Å². The molecule has 0 aliphatic heterocycles. The molecule has 0 unspecified atom stereocenters. The normalized spacial score (nSPS) is 12.5.